The summed E-state index contributed by atoms with van der Waals surface area (Å²) in [7, 11) is -2.82. The third-order valence-electron chi connectivity index (χ3n) is 8.88. The Labute approximate surface area is 369 Å². The van der Waals surface area contributed by atoms with Gasteiger partial charge in [-0.15, -0.1) is 0 Å². The van der Waals surface area contributed by atoms with E-state index in [1.807, 2.05) is 48.4 Å². The molecule has 0 saturated carbocycles. The summed E-state index contributed by atoms with van der Waals surface area (Å²) >= 11 is 2.15. The third kappa shape index (κ3) is 20.0. The molecule has 1 aliphatic heterocycles. The number of hydrogen-bond acceptors (Lipinski definition) is 9. The number of imidazole rings is 1. The molecule has 0 saturated heterocycles. The minimum absolute atomic E-state index is 0.170. The molecule has 14 heteroatoms. The number of rotatable bonds is 17. The average molecular weight is 965 g/mol. The zero-order valence-corrected chi connectivity index (χ0v) is 39.9. The maximum atomic E-state index is 12.3. The van der Waals surface area contributed by atoms with Crippen LogP contribution in [-0.4, -0.2) is 83.7 Å². The second-order valence-electron chi connectivity index (χ2n) is 14.4. The first-order chi connectivity index (χ1) is 28.2. The van der Waals surface area contributed by atoms with Crippen molar-refractivity contribution in [1.82, 2.24) is 9.55 Å². The fourth-order valence-electron chi connectivity index (χ4n) is 6.10. The molecule has 1 unspecified atom stereocenters. The molecule has 59 heavy (non-hydrogen) atoms. The van der Waals surface area contributed by atoms with Gasteiger partial charge in [-0.2, -0.15) is 8.42 Å². The SMILES string of the molecule is CCCCOCCOc1ccc(-c2ccc3c(c2)/C=C(/C(C)=O)CCCN3CC(C)C)cc1.CCCn1cncc1CS(=O)c1ccc(NC)cc1.CI.CS(=O)(=O)O. The number of aryl methyl sites for hydroxylation is 1. The Morgan fingerprint density at radius 2 is 1.64 bits per heavy atom. The number of halogens is 1. The fraction of sp³-hybridized carbons (Fsp3) is 0.467. The number of unbranched alkanes of at least 4 members (excludes halogenated alkanes) is 1. The second kappa shape index (κ2) is 28.0. The van der Waals surface area contributed by atoms with Crippen molar-refractivity contribution >= 4 is 66.7 Å². The zero-order chi connectivity index (χ0) is 43.8. The van der Waals surface area contributed by atoms with Crippen molar-refractivity contribution in [1.29, 1.82) is 0 Å². The summed E-state index contributed by atoms with van der Waals surface area (Å²) in [6.07, 6.45) is 11.5. The zero-order valence-electron chi connectivity index (χ0n) is 36.1. The largest absolute Gasteiger partial charge is 0.491 e. The van der Waals surface area contributed by atoms with Gasteiger partial charge in [0.05, 0.1) is 41.4 Å². The normalized spacial score (nSPS) is 13.7. The van der Waals surface area contributed by atoms with E-state index in [9.17, 15) is 17.4 Å². The number of Topliss-reactive ketones (excluding diaryl/α,β-unsaturated/α-hetero) is 1. The number of alkyl halides is 1. The number of fused-ring (bicyclic) bond motifs is 1. The molecule has 1 aromatic heterocycles. The van der Waals surface area contributed by atoms with E-state index in [1.165, 1.54) is 5.69 Å². The monoisotopic (exact) mass is 964 g/mol. The Bertz CT molecular complexity index is 1980. The lowest BCUT2D eigenvalue weighted by atomic mass is 9.95. The molecule has 0 bridgehead atoms. The van der Waals surface area contributed by atoms with E-state index in [2.05, 4.69) is 106 Å². The van der Waals surface area contributed by atoms with Gasteiger partial charge < -0.3 is 24.3 Å². The third-order valence-corrected chi connectivity index (χ3v) is 10.2. The van der Waals surface area contributed by atoms with E-state index >= 15 is 0 Å². The molecule has 2 N–H and O–H groups in total. The lowest BCUT2D eigenvalue weighted by Gasteiger charge is -2.30. The molecule has 11 nitrogen and oxygen atoms in total. The van der Waals surface area contributed by atoms with E-state index in [-0.39, 0.29) is 5.78 Å². The molecule has 0 aliphatic carbocycles. The summed E-state index contributed by atoms with van der Waals surface area (Å²) in [5, 5.41) is 3.05. The molecule has 0 fully saturated rings. The number of benzene rings is 3. The second-order valence-corrected chi connectivity index (χ2v) is 17.3. The van der Waals surface area contributed by atoms with Crippen molar-refractivity contribution in [2.75, 3.05) is 61.4 Å². The number of hydrogen-bond donors (Lipinski definition) is 2. The molecule has 1 aliphatic rings. The van der Waals surface area contributed by atoms with Crippen molar-refractivity contribution in [3.05, 3.63) is 96.1 Å². The van der Waals surface area contributed by atoms with E-state index in [0.29, 0.717) is 31.1 Å². The summed E-state index contributed by atoms with van der Waals surface area (Å²) in [6, 6.07) is 22.5. The van der Waals surface area contributed by atoms with Gasteiger partial charge in [-0.25, -0.2) is 4.98 Å². The highest BCUT2D eigenvalue weighted by atomic mass is 127. The van der Waals surface area contributed by atoms with Crippen LogP contribution in [0.5, 0.6) is 5.75 Å². The summed E-state index contributed by atoms with van der Waals surface area (Å²) < 4.78 is 51.6. The van der Waals surface area contributed by atoms with Gasteiger partial charge in [0.25, 0.3) is 10.1 Å². The van der Waals surface area contributed by atoms with E-state index in [0.717, 1.165) is 103 Å². The van der Waals surface area contributed by atoms with Crippen LogP contribution in [0.15, 0.2) is 89.7 Å². The molecule has 326 valence electrons. The van der Waals surface area contributed by atoms with Gasteiger partial charge in [-0.3, -0.25) is 13.6 Å². The number of aromatic nitrogens is 2. The minimum Gasteiger partial charge on any atom is -0.491 e. The fourth-order valence-corrected chi connectivity index (χ4v) is 7.21. The number of carbonyl (C=O) groups excluding carboxylic acids is 1. The van der Waals surface area contributed by atoms with Crippen LogP contribution in [0.4, 0.5) is 11.4 Å². The molecule has 0 radical (unpaired) electrons. The maximum Gasteiger partial charge on any atom is 0.261 e. The summed E-state index contributed by atoms with van der Waals surface area (Å²) in [4.78, 5) is 21.6. The standard InChI is InChI=1S/C29H39NO3.C14H19N3OS.CH3I.CH4O3S/c1-5-6-16-32-17-18-33-28-12-9-24(10-13-28)26-11-14-29-27(20-26)19-25(23(4)31)8-7-15-30(29)21-22(2)3;1-3-8-17-11-16-9-13(17)10-19(18)14-6-4-12(15-2)5-7-14;1-2;1-5(2,3)4/h9-14,19-20,22H,5-8,15-18,21H2,1-4H3;4-7,9,11,15H,3,8,10H2,1-2H3;1H3;1H3,(H,2,3,4)/b25-19+;;;. The molecule has 0 amide bonds. The molecular formula is C45H65IN4O7S2. The van der Waals surface area contributed by atoms with E-state index in [4.69, 9.17) is 14.0 Å². The van der Waals surface area contributed by atoms with Crippen molar-refractivity contribution in [3.63, 3.8) is 0 Å². The van der Waals surface area contributed by atoms with E-state index < -0.39 is 20.9 Å². The quantitative estimate of drug-likeness (QED) is 0.0455. The van der Waals surface area contributed by atoms with Crippen LogP contribution >= 0.6 is 22.6 Å². The maximum absolute atomic E-state index is 12.3. The van der Waals surface area contributed by atoms with Gasteiger partial charge in [0.2, 0.25) is 0 Å². The Hall–Kier alpha value is -3.57. The first-order valence-electron chi connectivity index (χ1n) is 20.1. The molecule has 0 spiro atoms. The van der Waals surface area contributed by atoms with Crippen LogP contribution in [0.25, 0.3) is 17.2 Å². The number of allylic oxidation sites excluding steroid dienone is 1. The van der Waals surface area contributed by atoms with E-state index in [1.54, 1.807) is 19.4 Å². The molecule has 2 heterocycles. The molecule has 5 rings (SSSR count). The summed E-state index contributed by atoms with van der Waals surface area (Å²) in [6.45, 7) is 15.4. The van der Waals surface area contributed by atoms with Crippen molar-refractivity contribution < 1.29 is 31.4 Å². The van der Waals surface area contributed by atoms with Crippen molar-refractivity contribution in [2.45, 2.75) is 83.9 Å². The van der Waals surface area contributed by atoms with Gasteiger partial charge in [0.1, 0.15) is 12.4 Å². The predicted octanol–water partition coefficient (Wildman–Crippen LogP) is 9.98. The van der Waals surface area contributed by atoms with Gasteiger partial charge in [0.15, 0.2) is 5.78 Å². The highest BCUT2D eigenvalue weighted by molar-refractivity contribution is 14.1. The van der Waals surface area contributed by atoms with Crippen LogP contribution in [0.3, 0.4) is 0 Å². The molecule has 4 aromatic rings. The van der Waals surface area contributed by atoms with Gasteiger partial charge in [-0.1, -0.05) is 74.9 Å². The number of carbonyl (C=O) groups is 1. The topological polar surface area (TPSA) is 140 Å². The van der Waals surface area contributed by atoms with Gasteiger partial charge in [0, 0.05) is 55.8 Å². The highest BCUT2D eigenvalue weighted by Crippen LogP contribution is 2.33. The Morgan fingerprint density at radius 3 is 2.24 bits per heavy atom. The van der Waals surface area contributed by atoms with Crippen LogP contribution in [0, 0.1) is 5.92 Å². The molecule has 1 atom stereocenters. The number of nitrogens with zero attached hydrogens (tertiary/aromatic N) is 3. The number of ketones is 1. The number of ether oxygens (including phenoxy) is 2. The Kier molecular flexibility index (Phi) is 24.5. The lowest BCUT2D eigenvalue weighted by Crippen LogP contribution is -2.30. The van der Waals surface area contributed by atoms with Crippen LogP contribution < -0.4 is 15.0 Å². The molecular weight excluding hydrogens is 900 g/mol. The molecule has 3 aromatic carbocycles. The number of nitrogens with one attached hydrogen (secondary N) is 1. The van der Waals surface area contributed by atoms with Crippen molar-refractivity contribution in [3.8, 4) is 16.9 Å². The summed E-state index contributed by atoms with van der Waals surface area (Å²) in [5.74, 6) is 2.12. The first-order valence-corrected chi connectivity index (χ1v) is 25.4. The summed E-state index contributed by atoms with van der Waals surface area (Å²) in [5.41, 5.74) is 7.60. The van der Waals surface area contributed by atoms with Gasteiger partial charge >= 0.3 is 0 Å². The Morgan fingerprint density at radius 1 is 0.983 bits per heavy atom. The van der Waals surface area contributed by atoms with Crippen LogP contribution in [0.2, 0.25) is 0 Å². The number of anilines is 2. The van der Waals surface area contributed by atoms with Crippen LogP contribution in [-0.2, 0) is 42.7 Å². The van der Waals surface area contributed by atoms with Crippen LogP contribution in [0.1, 0.15) is 78.0 Å². The average Bonchev–Trinajstić information content (AvgIpc) is 3.64. The minimum atomic E-state index is -3.67. The Balaban J connectivity index is 0.000000388. The highest BCUT2D eigenvalue weighted by Gasteiger charge is 2.18. The lowest BCUT2D eigenvalue weighted by molar-refractivity contribution is -0.113. The van der Waals surface area contributed by atoms with Crippen molar-refractivity contribution in [2.24, 2.45) is 5.92 Å². The predicted molar refractivity (Wildman–Crippen MR) is 254 cm³/mol. The smallest absolute Gasteiger partial charge is 0.261 e. The van der Waals surface area contributed by atoms with Gasteiger partial charge in [-0.05, 0) is 120 Å². The first kappa shape index (κ1) is 51.6.